The summed E-state index contributed by atoms with van der Waals surface area (Å²) in [5.41, 5.74) is 5.28. The maximum Gasteiger partial charge on any atom is 0.270 e. The Morgan fingerprint density at radius 3 is 3.15 bits per heavy atom. The second-order valence-corrected chi connectivity index (χ2v) is 3.09. The summed E-state index contributed by atoms with van der Waals surface area (Å²) < 4.78 is 1.69. The van der Waals surface area contributed by atoms with Gasteiger partial charge in [-0.1, -0.05) is 5.21 Å². The number of nitrogens with two attached hydrogens (primary N) is 1. The first-order chi connectivity index (χ1) is 6.27. The second-order valence-electron chi connectivity index (χ2n) is 3.09. The molecule has 0 spiro atoms. The molecule has 70 valence electrons. The summed E-state index contributed by atoms with van der Waals surface area (Å²) in [6.07, 6.45) is 2.61. The number of nitrogens with zero attached hydrogens (tertiary/aromatic N) is 3. The van der Waals surface area contributed by atoms with E-state index in [0.29, 0.717) is 6.04 Å². The molecule has 1 fully saturated rings. The van der Waals surface area contributed by atoms with Crippen LogP contribution in [0.1, 0.15) is 23.0 Å². The first-order valence-corrected chi connectivity index (χ1v) is 4.20. The molecule has 1 aliphatic heterocycles. The molecule has 1 aliphatic rings. The van der Waals surface area contributed by atoms with Crippen molar-refractivity contribution >= 4 is 5.91 Å². The van der Waals surface area contributed by atoms with Crippen LogP contribution in [0.2, 0.25) is 0 Å². The molecule has 0 bridgehead atoms. The molecule has 1 amide bonds. The SMILES string of the molecule is NC(=O)c1cn([C@H]2CCNC2)nn1. The minimum absolute atomic E-state index is 0.229. The Kier molecular flexibility index (Phi) is 1.97. The Labute approximate surface area is 75.1 Å². The summed E-state index contributed by atoms with van der Waals surface area (Å²) in [5.74, 6) is -0.530. The van der Waals surface area contributed by atoms with Gasteiger partial charge in [-0.2, -0.15) is 0 Å². The molecule has 13 heavy (non-hydrogen) atoms. The predicted octanol–water partition coefficient (Wildman–Crippen LogP) is -1.09. The van der Waals surface area contributed by atoms with Gasteiger partial charge in [-0.15, -0.1) is 5.10 Å². The van der Waals surface area contributed by atoms with Gasteiger partial charge < -0.3 is 11.1 Å². The minimum Gasteiger partial charge on any atom is -0.364 e. The first-order valence-electron chi connectivity index (χ1n) is 4.20. The summed E-state index contributed by atoms with van der Waals surface area (Å²) in [7, 11) is 0. The molecule has 1 atom stereocenters. The van der Waals surface area contributed by atoms with Gasteiger partial charge in [-0.05, 0) is 13.0 Å². The van der Waals surface area contributed by atoms with Crippen molar-refractivity contribution in [1.82, 2.24) is 20.3 Å². The van der Waals surface area contributed by atoms with E-state index in [2.05, 4.69) is 15.6 Å². The average molecular weight is 181 g/mol. The summed E-state index contributed by atoms with van der Waals surface area (Å²) in [5, 5.41) is 10.7. The monoisotopic (exact) mass is 181 g/mol. The van der Waals surface area contributed by atoms with Crippen molar-refractivity contribution in [3.8, 4) is 0 Å². The average Bonchev–Trinajstić information content (AvgIpc) is 2.75. The standard InChI is InChI=1S/C7H11N5O/c8-7(13)6-4-12(11-10-6)5-1-2-9-3-5/h4-5,9H,1-3H2,(H2,8,13)/t5-/m0/s1. The van der Waals surface area contributed by atoms with Crippen molar-refractivity contribution < 1.29 is 4.79 Å². The van der Waals surface area contributed by atoms with Gasteiger partial charge in [0.1, 0.15) is 0 Å². The summed E-state index contributed by atoms with van der Waals surface area (Å²) >= 11 is 0. The zero-order valence-electron chi connectivity index (χ0n) is 7.10. The molecular formula is C7H11N5O. The highest BCUT2D eigenvalue weighted by Gasteiger charge is 2.18. The number of nitrogens with one attached hydrogen (secondary N) is 1. The van der Waals surface area contributed by atoms with Crippen LogP contribution < -0.4 is 11.1 Å². The normalized spacial score (nSPS) is 22.0. The summed E-state index contributed by atoms with van der Waals surface area (Å²) in [6, 6.07) is 0.306. The molecule has 2 rings (SSSR count). The van der Waals surface area contributed by atoms with E-state index in [0.717, 1.165) is 19.5 Å². The van der Waals surface area contributed by atoms with E-state index in [1.807, 2.05) is 0 Å². The third-order valence-electron chi connectivity index (χ3n) is 2.17. The highest BCUT2D eigenvalue weighted by molar-refractivity contribution is 5.90. The molecule has 1 saturated heterocycles. The Balaban J connectivity index is 2.16. The van der Waals surface area contributed by atoms with Crippen molar-refractivity contribution in [2.24, 2.45) is 5.73 Å². The number of hydrogen-bond acceptors (Lipinski definition) is 4. The van der Waals surface area contributed by atoms with Crippen LogP contribution in [0.25, 0.3) is 0 Å². The zero-order chi connectivity index (χ0) is 9.26. The Hall–Kier alpha value is -1.43. The fourth-order valence-corrected chi connectivity index (χ4v) is 1.43. The number of aromatic nitrogens is 3. The summed E-state index contributed by atoms with van der Waals surface area (Å²) in [6.45, 7) is 1.86. The number of primary amides is 1. The number of carbonyl (C=O) groups excluding carboxylic acids is 1. The van der Waals surface area contributed by atoms with Gasteiger partial charge in [0, 0.05) is 6.54 Å². The van der Waals surface area contributed by atoms with Crippen LogP contribution in [0.4, 0.5) is 0 Å². The van der Waals surface area contributed by atoms with Gasteiger partial charge >= 0.3 is 0 Å². The topological polar surface area (TPSA) is 85.8 Å². The van der Waals surface area contributed by atoms with E-state index < -0.39 is 5.91 Å². The van der Waals surface area contributed by atoms with Crippen molar-refractivity contribution in [3.63, 3.8) is 0 Å². The van der Waals surface area contributed by atoms with E-state index in [-0.39, 0.29) is 5.69 Å². The number of amides is 1. The lowest BCUT2D eigenvalue weighted by molar-refractivity contribution is 0.0995. The van der Waals surface area contributed by atoms with Crippen LogP contribution in [-0.4, -0.2) is 34.0 Å². The highest BCUT2D eigenvalue weighted by atomic mass is 16.1. The summed E-state index contributed by atoms with van der Waals surface area (Å²) in [4.78, 5) is 10.7. The Bertz CT molecular complexity index is 314. The molecule has 1 aromatic heterocycles. The van der Waals surface area contributed by atoms with Gasteiger partial charge in [0.15, 0.2) is 5.69 Å². The fourth-order valence-electron chi connectivity index (χ4n) is 1.43. The van der Waals surface area contributed by atoms with E-state index in [4.69, 9.17) is 5.73 Å². The quantitative estimate of drug-likeness (QED) is 0.607. The molecule has 0 aromatic carbocycles. The van der Waals surface area contributed by atoms with Crippen molar-refractivity contribution in [1.29, 1.82) is 0 Å². The molecular weight excluding hydrogens is 170 g/mol. The number of hydrogen-bond donors (Lipinski definition) is 2. The van der Waals surface area contributed by atoms with Gasteiger partial charge in [-0.3, -0.25) is 4.79 Å². The lowest BCUT2D eigenvalue weighted by Crippen LogP contribution is -2.14. The van der Waals surface area contributed by atoms with Crippen LogP contribution in [0.3, 0.4) is 0 Å². The van der Waals surface area contributed by atoms with Crippen LogP contribution in [0.5, 0.6) is 0 Å². The number of rotatable bonds is 2. The van der Waals surface area contributed by atoms with Crippen LogP contribution in [-0.2, 0) is 0 Å². The third-order valence-corrected chi connectivity index (χ3v) is 2.17. The number of carbonyl (C=O) groups is 1. The minimum atomic E-state index is -0.530. The van der Waals surface area contributed by atoms with E-state index >= 15 is 0 Å². The largest absolute Gasteiger partial charge is 0.364 e. The molecule has 1 aromatic rings. The maximum atomic E-state index is 10.7. The zero-order valence-corrected chi connectivity index (χ0v) is 7.10. The molecule has 6 heteroatoms. The maximum absolute atomic E-state index is 10.7. The van der Waals surface area contributed by atoms with Crippen molar-refractivity contribution in [3.05, 3.63) is 11.9 Å². The second kappa shape index (κ2) is 3.14. The van der Waals surface area contributed by atoms with E-state index in [1.165, 1.54) is 0 Å². The Morgan fingerprint density at radius 2 is 2.62 bits per heavy atom. The van der Waals surface area contributed by atoms with Crippen LogP contribution in [0.15, 0.2) is 6.20 Å². The highest BCUT2D eigenvalue weighted by Crippen LogP contribution is 2.12. The van der Waals surface area contributed by atoms with Gasteiger partial charge in [0.05, 0.1) is 12.2 Å². The molecule has 3 N–H and O–H groups in total. The molecule has 0 unspecified atom stereocenters. The van der Waals surface area contributed by atoms with E-state index in [1.54, 1.807) is 10.9 Å². The van der Waals surface area contributed by atoms with Gasteiger partial charge in [-0.25, -0.2) is 4.68 Å². The molecule has 6 nitrogen and oxygen atoms in total. The van der Waals surface area contributed by atoms with Crippen molar-refractivity contribution in [2.45, 2.75) is 12.5 Å². The first kappa shape index (κ1) is 8.18. The molecule has 2 heterocycles. The molecule has 0 radical (unpaired) electrons. The van der Waals surface area contributed by atoms with Crippen LogP contribution in [0, 0.1) is 0 Å². The molecule has 0 saturated carbocycles. The Morgan fingerprint density at radius 1 is 1.77 bits per heavy atom. The fraction of sp³-hybridized carbons (Fsp3) is 0.571. The predicted molar refractivity (Wildman–Crippen MR) is 45.1 cm³/mol. The van der Waals surface area contributed by atoms with Crippen LogP contribution >= 0.6 is 0 Å². The third kappa shape index (κ3) is 1.52. The molecule has 0 aliphatic carbocycles. The van der Waals surface area contributed by atoms with Gasteiger partial charge in [0.2, 0.25) is 0 Å². The smallest absolute Gasteiger partial charge is 0.270 e. The lowest BCUT2D eigenvalue weighted by atomic mass is 10.3. The van der Waals surface area contributed by atoms with E-state index in [9.17, 15) is 4.79 Å². The van der Waals surface area contributed by atoms with Gasteiger partial charge in [0.25, 0.3) is 5.91 Å². The van der Waals surface area contributed by atoms with Crippen molar-refractivity contribution in [2.75, 3.05) is 13.1 Å². The lowest BCUT2D eigenvalue weighted by Gasteiger charge is -2.05.